The molecular formula is C15H20N2O2S. The SMILES string of the molecule is CCSc1cccc(NC(C)(C)CCC(=O)O)c1C#N. The van der Waals surface area contributed by atoms with E-state index in [0.29, 0.717) is 12.0 Å². The number of nitrogens with zero attached hydrogens (tertiary/aromatic N) is 1. The Morgan fingerprint density at radius 3 is 2.75 bits per heavy atom. The van der Waals surface area contributed by atoms with E-state index in [1.807, 2.05) is 39.0 Å². The number of carboxylic acids is 1. The maximum absolute atomic E-state index is 10.7. The van der Waals surface area contributed by atoms with E-state index in [9.17, 15) is 10.1 Å². The lowest BCUT2D eigenvalue weighted by Crippen LogP contribution is -2.32. The minimum absolute atomic E-state index is 0.102. The maximum Gasteiger partial charge on any atom is 0.303 e. The van der Waals surface area contributed by atoms with E-state index >= 15 is 0 Å². The summed E-state index contributed by atoms with van der Waals surface area (Å²) in [6.07, 6.45) is 0.601. The quantitative estimate of drug-likeness (QED) is 0.749. The molecular weight excluding hydrogens is 272 g/mol. The van der Waals surface area contributed by atoms with Gasteiger partial charge in [0.1, 0.15) is 6.07 Å². The largest absolute Gasteiger partial charge is 0.481 e. The van der Waals surface area contributed by atoms with Crippen LogP contribution in [0.5, 0.6) is 0 Å². The second kappa shape index (κ2) is 7.20. The predicted octanol–water partition coefficient (Wildman–Crippen LogP) is 3.73. The van der Waals surface area contributed by atoms with Crippen molar-refractivity contribution in [3.63, 3.8) is 0 Å². The molecule has 1 aromatic rings. The van der Waals surface area contributed by atoms with Crippen LogP contribution in [0.3, 0.4) is 0 Å². The van der Waals surface area contributed by atoms with Crippen molar-refractivity contribution < 1.29 is 9.90 Å². The number of hydrogen-bond acceptors (Lipinski definition) is 4. The highest BCUT2D eigenvalue weighted by Crippen LogP contribution is 2.30. The van der Waals surface area contributed by atoms with Gasteiger partial charge in [0.05, 0.1) is 11.3 Å². The van der Waals surface area contributed by atoms with E-state index in [4.69, 9.17) is 5.11 Å². The number of carboxylic acid groups (broad SMARTS) is 1. The number of anilines is 1. The highest BCUT2D eigenvalue weighted by atomic mass is 32.2. The smallest absolute Gasteiger partial charge is 0.303 e. The first-order valence-corrected chi connectivity index (χ1v) is 7.54. The van der Waals surface area contributed by atoms with Crippen LogP contribution in [0.4, 0.5) is 5.69 Å². The molecule has 2 N–H and O–H groups in total. The van der Waals surface area contributed by atoms with Crippen LogP contribution in [0.1, 0.15) is 39.2 Å². The van der Waals surface area contributed by atoms with Crippen molar-refractivity contribution in [2.45, 2.75) is 44.0 Å². The summed E-state index contributed by atoms with van der Waals surface area (Å²) in [5.41, 5.74) is 1.02. The van der Waals surface area contributed by atoms with Crippen molar-refractivity contribution in [1.82, 2.24) is 0 Å². The zero-order valence-corrected chi connectivity index (χ0v) is 12.9. The van der Waals surface area contributed by atoms with Crippen LogP contribution in [0, 0.1) is 11.3 Å². The molecule has 0 aliphatic carbocycles. The summed E-state index contributed by atoms with van der Waals surface area (Å²) in [6, 6.07) is 7.94. The number of nitriles is 1. The number of hydrogen-bond donors (Lipinski definition) is 2. The van der Waals surface area contributed by atoms with Gasteiger partial charge in [-0.1, -0.05) is 13.0 Å². The van der Waals surface area contributed by atoms with Crippen LogP contribution in [-0.2, 0) is 4.79 Å². The topological polar surface area (TPSA) is 73.1 Å². The van der Waals surface area contributed by atoms with Gasteiger partial charge in [0, 0.05) is 16.9 Å². The van der Waals surface area contributed by atoms with Crippen LogP contribution >= 0.6 is 11.8 Å². The first-order chi connectivity index (χ1) is 9.39. The summed E-state index contributed by atoms with van der Waals surface area (Å²) in [5.74, 6) is 0.0937. The molecule has 0 amide bonds. The van der Waals surface area contributed by atoms with Gasteiger partial charge in [0.15, 0.2) is 0 Å². The van der Waals surface area contributed by atoms with E-state index in [1.54, 1.807) is 11.8 Å². The molecule has 0 saturated heterocycles. The molecule has 4 nitrogen and oxygen atoms in total. The van der Waals surface area contributed by atoms with E-state index in [2.05, 4.69) is 11.4 Å². The molecule has 0 spiro atoms. The van der Waals surface area contributed by atoms with Crippen molar-refractivity contribution >= 4 is 23.4 Å². The number of carbonyl (C=O) groups is 1. The standard InChI is InChI=1S/C15H20N2O2S/c1-4-20-13-7-5-6-12(11(13)10-16)17-15(2,3)9-8-14(18)19/h5-7,17H,4,8-9H2,1-3H3,(H,18,19). The zero-order valence-electron chi connectivity index (χ0n) is 12.1. The monoisotopic (exact) mass is 292 g/mol. The normalized spacial score (nSPS) is 10.9. The van der Waals surface area contributed by atoms with E-state index in [1.165, 1.54) is 0 Å². The fourth-order valence-electron chi connectivity index (χ4n) is 1.87. The predicted molar refractivity (Wildman–Crippen MR) is 82.1 cm³/mol. The van der Waals surface area contributed by atoms with Gasteiger partial charge in [-0.05, 0) is 38.2 Å². The highest BCUT2D eigenvalue weighted by Gasteiger charge is 2.21. The summed E-state index contributed by atoms with van der Waals surface area (Å²) in [4.78, 5) is 11.6. The lowest BCUT2D eigenvalue weighted by Gasteiger charge is -2.28. The lowest BCUT2D eigenvalue weighted by molar-refractivity contribution is -0.137. The van der Waals surface area contributed by atoms with Crippen molar-refractivity contribution in [3.05, 3.63) is 23.8 Å². The van der Waals surface area contributed by atoms with E-state index in [0.717, 1.165) is 16.3 Å². The van der Waals surface area contributed by atoms with E-state index in [-0.39, 0.29) is 12.0 Å². The molecule has 0 aliphatic rings. The third-order valence-electron chi connectivity index (χ3n) is 2.87. The molecule has 0 fully saturated rings. The van der Waals surface area contributed by atoms with Crippen molar-refractivity contribution in [1.29, 1.82) is 5.26 Å². The summed E-state index contributed by atoms with van der Waals surface area (Å²) < 4.78 is 0. The number of nitrogens with one attached hydrogen (secondary N) is 1. The third kappa shape index (κ3) is 4.78. The molecule has 1 rings (SSSR count). The molecule has 0 heterocycles. The lowest BCUT2D eigenvalue weighted by atomic mass is 9.97. The summed E-state index contributed by atoms with van der Waals surface area (Å²) in [5, 5.41) is 21.4. The van der Waals surface area contributed by atoms with Crippen LogP contribution in [0.15, 0.2) is 23.1 Å². The van der Waals surface area contributed by atoms with Crippen LogP contribution in [0.2, 0.25) is 0 Å². The first-order valence-electron chi connectivity index (χ1n) is 6.55. The van der Waals surface area contributed by atoms with Crippen molar-refractivity contribution in [3.8, 4) is 6.07 Å². The van der Waals surface area contributed by atoms with Gasteiger partial charge in [-0.3, -0.25) is 4.79 Å². The van der Waals surface area contributed by atoms with Crippen LogP contribution in [-0.4, -0.2) is 22.4 Å². The number of thioether (sulfide) groups is 1. The third-order valence-corrected chi connectivity index (χ3v) is 3.81. The molecule has 1 aromatic carbocycles. The second-order valence-electron chi connectivity index (χ2n) is 5.13. The Morgan fingerprint density at radius 1 is 1.50 bits per heavy atom. The molecule has 5 heteroatoms. The Labute approximate surface area is 124 Å². The van der Waals surface area contributed by atoms with Crippen molar-refractivity contribution in [2.75, 3.05) is 11.1 Å². The molecule has 0 atom stereocenters. The first kappa shape index (κ1) is 16.4. The number of rotatable bonds is 7. The Balaban J connectivity index is 2.94. The van der Waals surface area contributed by atoms with Gasteiger partial charge in [-0.25, -0.2) is 0 Å². The Bertz CT molecular complexity index is 521. The van der Waals surface area contributed by atoms with Crippen LogP contribution < -0.4 is 5.32 Å². The molecule has 20 heavy (non-hydrogen) atoms. The molecule has 0 radical (unpaired) electrons. The molecule has 0 unspecified atom stereocenters. The molecule has 0 bridgehead atoms. The number of aliphatic carboxylic acids is 1. The summed E-state index contributed by atoms with van der Waals surface area (Å²) in [7, 11) is 0. The molecule has 0 aromatic heterocycles. The van der Waals surface area contributed by atoms with Gasteiger partial charge in [-0.15, -0.1) is 11.8 Å². The molecule has 0 saturated carbocycles. The van der Waals surface area contributed by atoms with Gasteiger partial charge < -0.3 is 10.4 Å². The Hall–Kier alpha value is -1.67. The second-order valence-corrected chi connectivity index (χ2v) is 6.43. The minimum Gasteiger partial charge on any atom is -0.481 e. The fraction of sp³-hybridized carbons (Fsp3) is 0.467. The summed E-state index contributed by atoms with van der Waals surface area (Å²) in [6.45, 7) is 5.93. The Kier molecular flexibility index (Phi) is 5.90. The van der Waals surface area contributed by atoms with Gasteiger partial charge in [0.2, 0.25) is 0 Å². The van der Waals surface area contributed by atoms with Gasteiger partial charge >= 0.3 is 5.97 Å². The van der Waals surface area contributed by atoms with E-state index < -0.39 is 5.97 Å². The Morgan fingerprint density at radius 2 is 2.20 bits per heavy atom. The average molecular weight is 292 g/mol. The van der Waals surface area contributed by atoms with Gasteiger partial charge in [0.25, 0.3) is 0 Å². The molecule has 108 valence electrons. The fourth-order valence-corrected chi connectivity index (χ4v) is 2.66. The summed E-state index contributed by atoms with van der Waals surface area (Å²) >= 11 is 1.63. The number of benzene rings is 1. The van der Waals surface area contributed by atoms with Crippen molar-refractivity contribution in [2.24, 2.45) is 0 Å². The minimum atomic E-state index is -0.810. The van der Waals surface area contributed by atoms with Gasteiger partial charge in [-0.2, -0.15) is 5.26 Å². The zero-order chi connectivity index (χ0) is 15.2. The molecule has 0 aliphatic heterocycles. The highest BCUT2D eigenvalue weighted by molar-refractivity contribution is 7.99. The van der Waals surface area contributed by atoms with Crippen LogP contribution in [0.25, 0.3) is 0 Å². The average Bonchev–Trinajstić information content (AvgIpc) is 2.37. The maximum atomic E-state index is 10.7.